The zero-order valence-corrected chi connectivity index (χ0v) is 21.4. The van der Waals surface area contributed by atoms with E-state index < -0.39 is 0 Å². The molecular formula is C26H24Cl2N4OS. The molecule has 0 atom stereocenters. The maximum atomic E-state index is 12.6. The molecule has 1 amide bonds. The first-order chi connectivity index (χ1) is 16.2. The molecule has 0 spiro atoms. The third-order valence-electron chi connectivity index (χ3n) is 5.19. The quantitative estimate of drug-likeness (QED) is 0.277. The van der Waals surface area contributed by atoms with Crippen molar-refractivity contribution in [3.8, 4) is 17.1 Å². The molecule has 8 heteroatoms. The van der Waals surface area contributed by atoms with Crippen molar-refractivity contribution in [2.45, 2.75) is 31.3 Å². The average molecular weight is 511 g/mol. The van der Waals surface area contributed by atoms with Crippen LogP contribution in [-0.2, 0) is 10.2 Å². The molecular weight excluding hydrogens is 487 g/mol. The summed E-state index contributed by atoms with van der Waals surface area (Å²) in [4.78, 5) is 12.6. The fourth-order valence-corrected chi connectivity index (χ4v) is 4.43. The Morgan fingerprint density at radius 1 is 0.941 bits per heavy atom. The summed E-state index contributed by atoms with van der Waals surface area (Å²) >= 11 is 13.3. The summed E-state index contributed by atoms with van der Waals surface area (Å²) in [6, 6.07) is 23.2. The molecule has 3 aromatic carbocycles. The summed E-state index contributed by atoms with van der Waals surface area (Å²) in [5, 5.41) is 13.2. The molecule has 0 radical (unpaired) electrons. The van der Waals surface area contributed by atoms with Crippen molar-refractivity contribution in [1.29, 1.82) is 0 Å². The van der Waals surface area contributed by atoms with Gasteiger partial charge in [-0.05, 0) is 41.3 Å². The Hall–Kier alpha value is -2.80. The summed E-state index contributed by atoms with van der Waals surface area (Å²) in [7, 11) is 0. The molecule has 4 aromatic rings. The molecule has 0 saturated heterocycles. The Bertz CT molecular complexity index is 1300. The fourth-order valence-electron chi connectivity index (χ4n) is 3.38. The Labute approximate surface area is 213 Å². The van der Waals surface area contributed by atoms with Crippen LogP contribution < -0.4 is 5.32 Å². The predicted molar refractivity (Wildman–Crippen MR) is 141 cm³/mol. The van der Waals surface area contributed by atoms with Crippen LogP contribution >= 0.6 is 35.0 Å². The van der Waals surface area contributed by atoms with Crippen LogP contribution in [0.5, 0.6) is 0 Å². The molecule has 1 N–H and O–H groups in total. The van der Waals surface area contributed by atoms with Gasteiger partial charge in [0.1, 0.15) is 0 Å². The maximum absolute atomic E-state index is 12.6. The molecule has 0 bridgehead atoms. The van der Waals surface area contributed by atoms with Crippen molar-refractivity contribution in [3.63, 3.8) is 0 Å². The molecule has 0 saturated carbocycles. The highest BCUT2D eigenvalue weighted by Gasteiger charge is 2.19. The summed E-state index contributed by atoms with van der Waals surface area (Å²) in [5.74, 6) is 0.704. The van der Waals surface area contributed by atoms with Crippen LogP contribution in [0.2, 0.25) is 10.0 Å². The second-order valence-corrected chi connectivity index (χ2v) is 10.5. The largest absolute Gasteiger partial charge is 0.325 e. The first kappa shape index (κ1) is 24.3. The highest BCUT2D eigenvalue weighted by atomic mass is 35.5. The van der Waals surface area contributed by atoms with Crippen LogP contribution in [0.25, 0.3) is 17.1 Å². The van der Waals surface area contributed by atoms with Gasteiger partial charge in [0.25, 0.3) is 0 Å². The zero-order chi connectivity index (χ0) is 24.3. The number of aromatic nitrogens is 3. The van der Waals surface area contributed by atoms with Crippen molar-refractivity contribution in [3.05, 3.63) is 88.4 Å². The Morgan fingerprint density at radius 3 is 2.29 bits per heavy atom. The highest BCUT2D eigenvalue weighted by molar-refractivity contribution is 7.99. The second-order valence-electron chi connectivity index (χ2n) is 8.77. The Balaban J connectivity index is 1.58. The summed E-state index contributed by atoms with van der Waals surface area (Å²) in [6.45, 7) is 6.56. The van der Waals surface area contributed by atoms with Crippen LogP contribution in [0.1, 0.15) is 26.3 Å². The Kier molecular flexibility index (Phi) is 7.31. The molecule has 1 aromatic heterocycles. The lowest BCUT2D eigenvalue weighted by Gasteiger charge is -2.19. The van der Waals surface area contributed by atoms with Crippen molar-refractivity contribution >= 4 is 46.6 Å². The molecule has 1 heterocycles. The van der Waals surface area contributed by atoms with Gasteiger partial charge in [-0.2, -0.15) is 0 Å². The van der Waals surface area contributed by atoms with E-state index in [4.69, 9.17) is 23.2 Å². The van der Waals surface area contributed by atoms with Crippen LogP contribution in [0.4, 0.5) is 5.69 Å². The number of carbonyl (C=O) groups excluding carboxylic acids is 1. The fraction of sp³-hybridized carbons (Fsp3) is 0.192. The van der Waals surface area contributed by atoms with Gasteiger partial charge in [-0.3, -0.25) is 9.36 Å². The predicted octanol–water partition coefficient (Wildman–Crippen LogP) is 7.27. The number of hydrogen-bond donors (Lipinski definition) is 1. The van der Waals surface area contributed by atoms with E-state index in [1.807, 2.05) is 34.9 Å². The summed E-state index contributed by atoms with van der Waals surface area (Å²) in [6.07, 6.45) is 0. The monoisotopic (exact) mass is 510 g/mol. The first-order valence-electron chi connectivity index (χ1n) is 10.7. The second kappa shape index (κ2) is 10.2. The number of rotatable bonds is 6. The van der Waals surface area contributed by atoms with Gasteiger partial charge in [-0.15, -0.1) is 10.2 Å². The van der Waals surface area contributed by atoms with E-state index in [1.54, 1.807) is 18.2 Å². The van der Waals surface area contributed by atoms with Gasteiger partial charge in [0.15, 0.2) is 11.0 Å². The maximum Gasteiger partial charge on any atom is 0.234 e. The normalized spacial score (nSPS) is 11.4. The smallest absolute Gasteiger partial charge is 0.234 e. The SMILES string of the molecule is CC(C)(C)c1ccc(-c2nnc(SCC(=O)Nc3ccc(Cl)c(Cl)c3)n2-c2ccccc2)cc1. The molecule has 4 rings (SSSR count). The lowest BCUT2D eigenvalue weighted by Crippen LogP contribution is -2.14. The standard InChI is InChI=1S/C26H24Cl2N4OS/c1-26(2,3)18-11-9-17(10-12-18)24-30-31-25(32(24)20-7-5-4-6-8-20)34-16-23(33)29-19-13-14-21(27)22(28)15-19/h4-15H,16H2,1-3H3,(H,29,33). The van der Waals surface area contributed by atoms with E-state index in [2.05, 4.69) is 60.6 Å². The highest BCUT2D eigenvalue weighted by Crippen LogP contribution is 2.30. The Morgan fingerprint density at radius 2 is 1.65 bits per heavy atom. The lowest BCUT2D eigenvalue weighted by molar-refractivity contribution is -0.113. The van der Waals surface area contributed by atoms with Gasteiger partial charge in [0.2, 0.25) is 5.91 Å². The van der Waals surface area contributed by atoms with Gasteiger partial charge in [0.05, 0.1) is 15.8 Å². The lowest BCUT2D eigenvalue weighted by atomic mass is 9.87. The topological polar surface area (TPSA) is 59.8 Å². The number of para-hydroxylation sites is 1. The van der Waals surface area contributed by atoms with Crippen molar-refractivity contribution in [1.82, 2.24) is 14.8 Å². The minimum Gasteiger partial charge on any atom is -0.325 e. The molecule has 0 fully saturated rings. The third-order valence-corrected chi connectivity index (χ3v) is 6.86. The molecule has 34 heavy (non-hydrogen) atoms. The van der Waals surface area contributed by atoms with E-state index in [1.165, 1.54) is 17.3 Å². The van der Waals surface area contributed by atoms with Gasteiger partial charge in [-0.25, -0.2) is 0 Å². The molecule has 0 aliphatic rings. The van der Waals surface area contributed by atoms with Crippen LogP contribution in [-0.4, -0.2) is 26.4 Å². The van der Waals surface area contributed by atoms with E-state index in [9.17, 15) is 4.79 Å². The number of halogens is 2. The number of carbonyl (C=O) groups is 1. The molecule has 0 aliphatic heterocycles. The number of amides is 1. The number of thioether (sulfide) groups is 1. The number of benzene rings is 3. The minimum atomic E-state index is -0.179. The van der Waals surface area contributed by atoms with E-state index >= 15 is 0 Å². The summed E-state index contributed by atoms with van der Waals surface area (Å²) < 4.78 is 1.98. The van der Waals surface area contributed by atoms with Crippen LogP contribution in [0.15, 0.2) is 78.0 Å². The van der Waals surface area contributed by atoms with Crippen molar-refractivity contribution in [2.75, 3.05) is 11.1 Å². The summed E-state index contributed by atoms with van der Waals surface area (Å²) in [5.41, 5.74) is 3.78. The van der Waals surface area contributed by atoms with Gasteiger partial charge < -0.3 is 5.32 Å². The van der Waals surface area contributed by atoms with Gasteiger partial charge >= 0.3 is 0 Å². The van der Waals surface area contributed by atoms with Crippen LogP contribution in [0.3, 0.4) is 0 Å². The number of nitrogens with zero attached hydrogens (tertiary/aromatic N) is 3. The molecule has 0 aliphatic carbocycles. The average Bonchev–Trinajstić information content (AvgIpc) is 3.24. The van der Waals surface area contributed by atoms with Crippen LogP contribution in [0, 0.1) is 0 Å². The molecule has 0 unspecified atom stereocenters. The third kappa shape index (κ3) is 5.63. The zero-order valence-electron chi connectivity index (χ0n) is 19.0. The van der Waals surface area contributed by atoms with E-state index in [-0.39, 0.29) is 17.1 Å². The first-order valence-corrected chi connectivity index (χ1v) is 12.5. The van der Waals surface area contributed by atoms with Crippen molar-refractivity contribution in [2.24, 2.45) is 0 Å². The van der Waals surface area contributed by atoms with Gasteiger partial charge in [-0.1, -0.05) is 98.2 Å². The van der Waals surface area contributed by atoms with Crippen molar-refractivity contribution < 1.29 is 4.79 Å². The van der Waals surface area contributed by atoms with Gasteiger partial charge in [0, 0.05) is 16.9 Å². The molecule has 5 nitrogen and oxygen atoms in total. The van der Waals surface area contributed by atoms with E-state index in [0.717, 1.165) is 17.1 Å². The molecule has 174 valence electrons. The van der Waals surface area contributed by atoms with E-state index in [0.29, 0.717) is 20.9 Å². The number of nitrogens with one attached hydrogen (secondary N) is 1. The number of hydrogen-bond acceptors (Lipinski definition) is 4. The minimum absolute atomic E-state index is 0.0638. The number of anilines is 1.